The molecule has 2 aliphatic heterocycles. The van der Waals surface area contributed by atoms with Gasteiger partial charge in [-0.1, -0.05) is 6.58 Å². The Kier molecular flexibility index (Phi) is 1.69. The quantitative estimate of drug-likeness (QED) is 0.631. The Hall–Kier alpha value is -1.23. The molecule has 1 atom stereocenters. The lowest BCUT2D eigenvalue weighted by Gasteiger charge is -2.42. The third-order valence-electron chi connectivity index (χ3n) is 1.97. The van der Waals surface area contributed by atoms with Crippen molar-refractivity contribution in [1.82, 2.24) is 4.90 Å². The molecule has 1 N–H and O–H groups in total. The smallest absolute Gasteiger partial charge is 0.352 e. The number of carbonyl (C=O) groups excluding carboxylic acids is 1. The van der Waals surface area contributed by atoms with E-state index < -0.39 is 5.97 Å². The Balaban J connectivity index is 2.36. The van der Waals surface area contributed by atoms with E-state index in [1.165, 1.54) is 22.7 Å². The molecule has 2 rings (SSSR count). The SMILES string of the molecule is C=C1C=C(C(=O)O)N2C(=O)C[C@H]2S1. The highest BCUT2D eigenvalue weighted by atomic mass is 32.2. The van der Waals surface area contributed by atoms with Gasteiger partial charge in [0.2, 0.25) is 5.91 Å². The van der Waals surface area contributed by atoms with E-state index in [1.54, 1.807) is 0 Å². The van der Waals surface area contributed by atoms with Crippen molar-refractivity contribution in [3.05, 3.63) is 23.3 Å². The predicted octanol–water partition coefficient (Wildman–Crippen LogP) is 0.774. The fraction of sp³-hybridized carbons (Fsp3) is 0.250. The van der Waals surface area contributed by atoms with Crippen LogP contribution in [-0.2, 0) is 9.59 Å². The first kappa shape index (κ1) is 8.37. The summed E-state index contributed by atoms with van der Waals surface area (Å²) in [6.45, 7) is 3.68. The lowest BCUT2D eigenvalue weighted by Crippen LogP contribution is -2.52. The molecule has 0 radical (unpaired) electrons. The summed E-state index contributed by atoms with van der Waals surface area (Å²) >= 11 is 1.43. The Morgan fingerprint density at radius 3 is 3.00 bits per heavy atom. The van der Waals surface area contributed by atoms with Gasteiger partial charge in [0.05, 0.1) is 11.8 Å². The normalized spacial score (nSPS) is 26.3. The van der Waals surface area contributed by atoms with Gasteiger partial charge in [0, 0.05) is 4.91 Å². The largest absolute Gasteiger partial charge is 0.477 e. The number of carbonyl (C=O) groups is 2. The number of allylic oxidation sites excluding steroid dienone is 1. The van der Waals surface area contributed by atoms with E-state index in [1.807, 2.05) is 0 Å². The minimum absolute atomic E-state index is 0.0453. The average Bonchev–Trinajstić information content (AvgIpc) is 2.01. The number of fused-ring (bicyclic) bond motifs is 1. The van der Waals surface area contributed by atoms with Gasteiger partial charge in [-0.05, 0) is 6.08 Å². The van der Waals surface area contributed by atoms with Crippen LogP contribution < -0.4 is 0 Å². The van der Waals surface area contributed by atoms with Gasteiger partial charge in [0.1, 0.15) is 5.70 Å². The summed E-state index contributed by atoms with van der Waals surface area (Å²) in [4.78, 5) is 23.8. The highest BCUT2D eigenvalue weighted by molar-refractivity contribution is 8.04. The van der Waals surface area contributed by atoms with Gasteiger partial charge in [0.15, 0.2) is 0 Å². The molecule has 0 aromatic rings. The van der Waals surface area contributed by atoms with Crippen molar-refractivity contribution in [2.45, 2.75) is 11.8 Å². The zero-order valence-electron chi connectivity index (χ0n) is 6.69. The number of carboxylic acids is 1. The minimum atomic E-state index is -1.07. The van der Waals surface area contributed by atoms with Crippen molar-refractivity contribution in [3.8, 4) is 0 Å². The van der Waals surface area contributed by atoms with Crippen LogP contribution in [0, 0.1) is 0 Å². The van der Waals surface area contributed by atoms with Crippen molar-refractivity contribution < 1.29 is 14.7 Å². The first-order chi connectivity index (χ1) is 6.09. The van der Waals surface area contributed by atoms with Gasteiger partial charge >= 0.3 is 5.97 Å². The molecule has 68 valence electrons. The Morgan fingerprint density at radius 2 is 2.46 bits per heavy atom. The van der Waals surface area contributed by atoms with Crippen molar-refractivity contribution in [2.75, 3.05) is 0 Å². The second-order valence-electron chi connectivity index (χ2n) is 2.84. The molecule has 0 bridgehead atoms. The summed E-state index contributed by atoms with van der Waals surface area (Å²) in [5, 5.41) is 8.74. The van der Waals surface area contributed by atoms with E-state index in [0.29, 0.717) is 11.3 Å². The molecule has 4 nitrogen and oxygen atoms in total. The van der Waals surface area contributed by atoms with Crippen LogP contribution in [0.1, 0.15) is 6.42 Å². The highest BCUT2D eigenvalue weighted by Gasteiger charge is 2.43. The summed E-state index contributed by atoms with van der Waals surface area (Å²) in [6, 6.07) is 0. The number of amides is 1. The van der Waals surface area contributed by atoms with Crippen LogP contribution in [0.4, 0.5) is 0 Å². The second-order valence-corrected chi connectivity index (χ2v) is 4.15. The van der Waals surface area contributed by atoms with Crippen molar-refractivity contribution in [2.24, 2.45) is 0 Å². The number of nitrogens with zero attached hydrogens (tertiary/aromatic N) is 1. The number of hydrogen-bond acceptors (Lipinski definition) is 3. The molecule has 0 aromatic carbocycles. The van der Waals surface area contributed by atoms with E-state index in [4.69, 9.17) is 5.11 Å². The lowest BCUT2D eigenvalue weighted by atomic mass is 10.1. The van der Waals surface area contributed by atoms with Gasteiger partial charge in [-0.15, -0.1) is 11.8 Å². The summed E-state index contributed by atoms with van der Waals surface area (Å²) in [5.41, 5.74) is 0.0463. The topological polar surface area (TPSA) is 57.6 Å². The number of aliphatic carboxylic acids is 1. The van der Waals surface area contributed by atoms with E-state index in [2.05, 4.69) is 6.58 Å². The van der Waals surface area contributed by atoms with Crippen LogP contribution in [-0.4, -0.2) is 27.3 Å². The van der Waals surface area contributed by atoms with E-state index in [9.17, 15) is 9.59 Å². The molecule has 0 aliphatic carbocycles. The average molecular weight is 197 g/mol. The molecular weight excluding hydrogens is 190 g/mol. The number of thioether (sulfide) groups is 1. The Morgan fingerprint density at radius 1 is 1.77 bits per heavy atom. The van der Waals surface area contributed by atoms with Gasteiger partial charge < -0.3 is 5.11 Å². The summed E-state index contributed by atoms with van der Waals surface area (Å²) in [6.07, 6.45) is 1.84. The summed E-state index contributed by atoms with van der Waals surface area (Å²) < 4.78 is 0. The molecule has 0 saturated carbocycles. The van der Waals surface area contributed by atoms with Crippen LogP contribution in [0.5, 0.6) is 0 Å². The minimum Gasteiger partial charge on any atom is -0.477 e. The number of hydrogen-bond donors (Lipinski definition) is 1. The maximum Gasteiger partial charge on any atom is 0.352 e. The van der Waals surface area contributed by atoms with Crippen LogP contribution in [0.25, 0.3) is 0 Å². The Labute approximate surface area is 78.9 Å². The zero-order chi connectivity index (χ0) is 9.59. The van der Waals surface area contributed by atoms with E-state index in [0.717, 1.165) is 0 Å². The number of β-lactam (4-membered cyclic amide) rings is 1. The van der Waals surface area contributed by atoms with Crippen molar-refractivity contribution in [3.63, 3.8) is 0 Å². The maximum atomic E-state index is 11.1. The summed E-state index contributed by atoms with van der Waals surface area (Å²) in [5.74, 6) is -1.20. The molecule has 5 heteroatoms. The lowest BCUT2D eigenvalue weighted by molar-refractivity contribution is -0.145. The molecule has 0 spiro atoms. The van der Waals surface area contributed by atoms with Crippen molar-refractivity contribution >= 4 is 23.6 Å². The molecule has 1 saturated heterocycles. The molecular formula is C8H7NO3S. The highest BCUT2D eigenvalue weighted by Crippen LogP contribution is 2.41. The first-order valence-electron chi connectivity index (χ1n) is 3.72. The fourth-order valence-electron chi connectivity index (χ4n) is 1.37. The monoisotopic (exact) mass is 197 g/mol. The molecule has 1 fully saturated rings. The molecule has 13 heavy (non-hydrogen) atoms. The molecule has 0 aromatic heterocycles. The van der Waals surface area contributed by atoms with Gasteiger partial charge in [-0.25, -0.2) is 4.79 Å². The van der Waals surface area contributed by atoms with Crippen LogP contribution in [0.2, 0.25) is 0 Å². The maximum absolute atomic E-state index is 11.1. The number of carboxylic acid groups (broad SMARTS) is 1. The molecule has 2 heterocycles. The first-order valence-corrected chi connectivity index (χ1v) is 4.60. The standard InChI is InChI=1S/C8H7NO3S/c1-4-2-5(8(11)12)9-6(10)3-7(9)13-4/h2,7H,1,3H2,(H,11,12)/t7-/m1/s1. The van der Waals surface area contributed by atoms with Crippen LogP contribution in [0.15, 0.2) is 23.3 Å². The van der Waals surface area contributed by atoms with Crippen molar-refractivity contribution in [1.29, 1.82) is 0 Å². The predicted molar refractivity (Wildman–Crippen MR) is 47.7 cm³/mol. The third kappa shape index (κ3) is 1.16. The zero-order valence-corrected chi connectivity index (χ0v) is 7.50. The van der Waals surface area contributed by atoms with Gasteiger partial charge in [-0.3, -0.25) is 9.69 Å². The van der Waals surface area contributed by atoms with Crippen LogP contribution in [0.3, 0.4) is 0 Å². The second kappa shape index (κ2) is 2.63. The molecule has 1 amide bonds. The fourth-order valence-corrected chi connectivity index (χ4v) is 2.46. The van der Waals surface area contributed by atoms with Gasteiger partial charge in [-0.2, -0.15) is 0 Å². The Bertz CT molecular complexity index is 347. The van der Waals surface area contributed by atoms with Crippen LogP contribution >= 0.6 is 11.8 Å². The van der Waals surface area contributed by atoms with Gasteiger partial charge in [0.25, 0.3) is 0 Å². The molecule has 0 unspecified atom stereocenters. The van der Waals surface area contributed by atoms with E-state index in [-0.39, 0.29) is 17.0 Å². The van der Waals surface area contributed by atoms with E-state index >= 15 is 0 Å². The molecule has 2 aliphatic rings. The summed E-state index contributed by atoms with van der Waals surface area (Å²) in [7, 11) is 0. The number of rotatable bonds is 1. The third-order valence-corrected chi connectivity index (χ3v) is 3.04.